The number of rotatable bonds is 42. The van der Waals surface area contributed by atoms with Crippen LogP contribution in [-0.2, 0) is 14.9 Å². The van der Waals surface area contributed by atoms with Crippen LogP contribution in [0.1, 0.15) is 239 Å². The zero-order valence-corrected chi connectivity index (χ0v) is 36.4. The summed E-state index contributed by atoms with van der Waals surface area (Å²) in [6.07, 6.45) is 54.3. The van der Waals surface area contributed by atoms with Gasteiger partial charge in [0, 0.05) is 6.42 Å². The van der Waals surface area contributed by atoms with E-state index in [0.717, 1.165) is 38.5 Å². The Morgan fingerprint density at radius 1 is 0.481 bits per heavy atom. The van der Waals surface area contributed by atoms with Gasteiger partial charge in [-0.05, 0) is 44.9 Å². The van der Waals surface area contributed by atoms with Crippen molar-refractivity contribution in [1.82, 2.24) is 5.32 Å². The average molecular weight is 780 g/mol. The highest BCUT2D eigenvalue weighted by Crippen LogP contribution is 2.16. The third-order valence-corrected chi connectivity index (χ3v) is 11.3. The second-order valence-corrected chi connectivity index (χ2v) is 17.5. The molecule has 2 unspecified atom stereocenters. The second kappa shape index (κ2) is 41.2. The molecule has 0 aliphatic heterocycles. The van der Waals surface area contributed by atoms with Crippen LogP contribution in [0.2, 0.25) is 0 Å². The van der Waals surface area contributed by atoms with Crippen LogP contribution in [-0.4, -0.2) is 41.9 Å². The summed E-state index contributed by atoms with van der Waals surface area (Å²) in [5.74, 6) is -1.00. The first-order valence-electron chi connectivity index (χ1n) is 23.2. The fourth-order valence-electron chi connectivity index (χ4n) is 7.07. The molecule has 0 rings (SSSR count). The van der Waals surface area contributed by atoms with Gasteiger partial charge in [0.25, 0.3) is 10.1 Å². The zero-order chi connectivity index (χ0) is 39.6. The van der Waals surface area contributed by atoms with Crippen LogP contribution in [0, 0.1) is 0 Å². The average Bonchev–Trinajstić information content (AvgIpc) is 3.14. The van der Waals surface area contributed by atoms with Crippen LogP contribution in [0.4, 0.5) is 0 Å². The summed E-state index contributed by atoms with van der Waals surface area (Å²) >= 11 is 0. The van der Waals surface area contributed by atoms with E-state index in [0.29, 0.717) is 6.42 Å². The molecule has 0 spiro atoms. The molecule has 0 bridgehead atoms. The van der Waals surface area contributed by atoms with E-state index >= 15 is 0 Å². The lowest BCUT2D eigenvalue weighted by atomic mass is 10.0. The number of amides is 1. The third kappa shape index (κ3) is 41.7. The van der Waals surface area contributed by atoms with E-state index in [1.807, 2.05) is 0 Å². The van der Waals surface area contributed by atoms with Crippen LogP contribution in [0.15, 0.2) is 36.5 Å². The molecule has 0 saturated heterocycles. The number of hydrogen-bond donors (Lipinski definition) is 3. The Bertz CT molecular complexity index is 992. The van der Waals surface area contributed by atoms with Crippen LogP contribution in [0.25, 0.3) is 0 Å². The predicted octanol–water partition coefficient (Wildman–Crippen LogP) is 14.1. The van der Waals surface area contributed by atoms with E-state index in [9.17, 15) is 22.9 Å². The minimum Gasteiger partial charge on any atom is -0.387 e. The van der Waals surface area contributed by atoms with Crippen molar-refractivity contribution in [2.24, 2.45) is 0 Å². The fourth-order valence-corrected chi connectivity index (χ4v) is 7.81. The Hall–Kier alpha value is -1.44. The topological polar surface area (TPSA) is 104 Å². The Labute approximate surface area is 336 Å². The molecule has 0 heterocycles. The summed E-state index contributed by atoms with van der Waals surface area (Å²) in [5, 5.41) is 13.2. The number of hydrogen-bond acceptors (Lipinski definition) is 4. The lowest BCUT2D eigenvalue weighted by molar-refractivity contribution is -0.122. The summed E-state index contributed by atoms with van der Waals surface area (Å²) in [5.41, 5.74) is 0. The van der Waals surface area contributed by atoms with Crippen LogP contribution in [0.3, 0.4) is 0 Å². The molecule has 0 aromatic carbocycles. The van der Waals surface area contributed by atoms with E-state index in [-0.39, 0.29) is 12.3 Å². The molecule has 0 aromatic rings. The second-order valence-electron chi connectivity index (χ2n) is 16.0. The minimum atomic E-state index is -4.36. The number of carbonyl (C=O) groups is 1. The Morgan fingerprint density at radius 2 is 0.796 bits per heavy atom. The lowest BCUT2D eigenvalue weighted by Crippen LogP contribution is -2.46. The maximum absolute atomic E-state index is 12.5. The zero-order valence-electron chi connectivity index (χ0n) is 35.6. The van der Waals surface area contributed by atoms with Crippen molar-refractivity contribution < 1.29 is 22.9 Å². The quantitative estimate of drug-likeness (QED) is 0.0325. The van der Waals surface area contributed by atoms with Gasteiger partial charge in [0.15, 0.2) is 0 Å². The number of allylic oxidation sites excluding steroid dienone is 5. The van der Waals surface area contributed by atoms with E-state index in [2.05, 4.69) is 43.5 Å². The van der Waals surface area contributed by atoms with Crippen molar-refractivity contribution in [3.63, 3.8) is 0 Å². The van der Waals surface area contributed by atoms with Crippen molar-refractivity contribution >= 4 is 16.0 Å². The smallest absolute Gasteiger partial charge is 0.267 e. The standard InChI is InChI=1S/C47H89NO5S/c1-3-5-7-9-11-13-15-17-19-21-22-23-24-25-27-29-31-33-35-37-39-41-43-47(50)48-45(44-54(51,52)53)46(49)42-40-38-36-34-32-30-28-26-20-18-16-14-12-10-8-6-4-2/h20,26,32,34,40,42,45-46,49H,3-19,21-25,27-31,33,35-39,41,43-44H2,1-2H3,(H,48,50)(H,51,52,53)/b26-20+,34-32+,42-40+. The summed E-state index contributed by atoms with van der Waals surface area (Å²) < 4.78 is 32.6. The number of aliphatic hydroxyl groups excluding tert-OH is 1. The molecular weight excluding hydrogens is 691 g/mol. The highest BCUT2D eigenvalue weighted by Gasteiger charge is 2.24. The van der Waals surface area contributed by atoms with Crippen molar-refractivity contribution in [1.29, 1.82) is 0 Å². The van der Waals surface area contributed by atoms with E-state index in [1.54, 1.807) is 6.08 Å². The number of nitrogens with one attached hydrogen (secondary N) is 1. The highest BCUT2D eigenvalue weighted by molar-refractivity contribution is 7.85. The van der Waals surface area contributed by atoms with Gasteiger partial charge in [-0.2, -0.15) is 8.42 Å². The first-order chi connectivity index (χ1) is 26.3. The molecule has 0 fully saturated rings. The predicted molar refractivity (Wildman–Crippen MR) is 235 cm³/mol. The van der Waals surface area contributed by atoms with Crippen molar-refractivity contribution in [3.05, 3.63) is 36.5 Å². The molecule has 0 aliphatic carbocycles. The molecule has 0 saturated carbocycles. The van der Waals surface area contributed by atoms with Crippen LogP contribution < -0.4 is 5.32 Å². The van der Waals surface area contributed by atoms with E-state index in [4.69, 9.17) is 0 Å². The molecule has 0 radical (unpaired) electrons. The van der Waals surface area contributed by atoms with Gasteiger partial charge in [-0.15, -0.1) is 0 Å². The van der Waals surface area contributed by atoms with Crippen LogP contribution >= 0.6 is 0 Å². The molecule has 3 N–H and O–H groups in total. The first-order valence-corrected chi connectivity index (χ1v) is 24.8. The molecule has 0 aliphatic rings. The molecule has 318 valence electrons. The van der Waals surface area contributed by atoms with Gasteiger partial charge >= 0.3 is 0 Å². The van der Waals surface area contributed by atoms with Gasteiger partial charge in [-0.25, -0.2) is 0 Å². The largest absolute Gasteiger partial charge is 0.387 e. The number of unbranched alkanes of at least 4 members (excludes halogenated alkanes) is 30. The first kappa shape index (κ1) is 52.6. The lowest BCUT2D eigenvalue weighted by Gasteiger charge is -2.21. The molecule has 6 nitrogen and oxygen atoms in total. The van der Waals surface area contributed by atoms with Gasteiger partial charge in [-0.1, -0.05) is 224 Å². The molecule has 7 heteroatoms. The number of aliphatic hydroxyl groups is 1. The summed E-state index contributed by atoms with van der Waals surface area (Å²) in [6.45, 7) is 4.54. The Kier molecular flexibility index (Phi) is 40.1. The van der Waals surface area contributed by atoms with Crippen LogP contribution in [0.5, 0.6) is 0 Å². The van der Waals surface area contributed by atoms with Gasteiger partial charge in [0.2, 0.25) is 5.91 Å². The van der Waals surface area contributed by atoms with Crippen molar-refractivity contribution in [2.75, 3.05) is 5.75 Å². The van der Waals surface area contributed by atoms with Crippen molar-refractivity contribution in [2.45, 2.75) is 251 Å². The maximum Gasteiger partial charge on any atom is 0.267 e. The molecule has 2 atom stereocenters. The molecule has 0 aromatic heterocycles. The van der Waals surface area contributed by atoms with Crippen molar-refractivity contribution in [3.8, 4) is 0 Å². The van der Waals surface area contributed by atoms with Gasteiger partial charge in [-0.3, -0.25) is 9.35 Å². The fraction of sp³-hybridized carbons (Fsp3) is 0.851. The Balaban J connectivity index is 3.86. The summed E-state index contributed by atoms with van der Waals surface area (Å²) in [7, 11) is -4.36. The Morgan fingerprint density at radius 3 is 1.17 bits per heavy atom. The van der Waals surface area contributed by atoms with E-state index < -0.39 is 28.0 Å². The van der Waals surface area contributed by atoms with Gasteiger partial charge in [0.05, 0.1) is 17.9 Å². The molecule has 54 heavy (non-hydrogen) atoms. The van der Waals surface area contributed by atoms with Gasteiger partial charge < -0.3 is 10.4 Å². The SMILES string of the molecule is CCCCCCCCC/C=C/CC/C=C/CC/C=C/C(O)C(CS(=O)(=O)O)NC(=O)CCCCCCCCCCCCCCCCCCCCCCCC. The normalized spacial score (nSPS) is 13.5. The summed E-state index contributed by atoms with van der Waals surface area (Å²) in [4.78, 5) is 12.5. The van der Waals surface area contributed by atoms with E-state index in [1.165, 1.54) is 179 Å². The monoisotopic (exact) mass is 780 g/mol. The summed E-state index contributed by atoms with van der Waals surface area (Å²) in [6, 6.07) is -1.08. The molecular formula is C47H89NO5S. The van der Waals surface area contributed by atoms with Gasteiger partial charge in [0.1, 0.15) is 0 Å². The third-order valence-electron chi connectivity index (χ3n) is 10.5. The minimum absolute atomic E-state index is 0.288. The number of carbonyl (C=O) groups excluding carboxylic acids is 1. The highest BCUT2D eigenvalue weighted by atomic mass is 32.2. The maximum atomic E-state index is 12.5. The molecule has 1 amide bonds.